The van der Waals surface area contributed by atoms with Gasteiger partial charge in [-0.15, -0.1) is 0 Å². The number of ether oxygens (including phenoxy) is 1. The molecule has 0 heterocycles. The predicted octanol–water partition coefficient (Wildman–Crippen LogP) is 2.09. The summed E-state index contributed by atoms with van der Waals surface area (Å²) in [6.07, 6.45) is 1.08. The van der Waals surface area contributed by atoms with E-state index < -0.39 is 23.2 Å². The number of nitrogens with two attached hydrogens (primary N) is 1. The summed E-state index contributed by atoms with van der Waals surface area (Å²) in [6, 6.07) is 3.70. The minimum absolute atomic E-state index is 0.161. The molecule has 1 aliphatic carbocycles. The van der Waals surface area contributed by atoms with Crippen LogP contribution < -0.4 is 10.5 Å². The molecule has 1 fully saturated rings. The fourth-order valence-electron chi connectivity index (χ4n) is 2.09. The summed E-state index contributed by atoms with van der Waals surface area (Å²) in [6.45, 7) is 2.14. The van der Waals surface area contributed by atoms with E-state index in [0.717, 1.165) is 0 Å². The highest BCUT2D eigenvalue weighted by Gasteiger charge is 2.55. The molecule has 4 nitrogen and oxygen atoms in total. The van der Waals surface area contributed by atoms with Crippen LogP contribution >= 0.6 is 0 Å². The van der Waals surface area contributed by atoms with Crippen LogP contribution in [-0.2, 0) is 4.79 Å². The lowest BCUT2D eigenvalue weighted by Crippen LogP contribution is -2.29. The van der Waals surface area contributed by atoms with Crippen molar-refractivity contribution < 1.29 is 19.0 Å². The van der Waals surface area contributed by atoms with E-state index >= 15 is 0 Å². The molecule has 0 radical (unpaired) electrons. The molecule has 1 saturated carbocycles. The van der Waals surface area contributed by atoms with Gasteiger partial charge in [-0.3, -0.25) is 4.79 Å². The summed E-state index contributed by atoms with van der Waals surface area (Å²) in [4.78, 5) is 11.2. The molecule has 2 rings (SSSR count). The number of aliphatic carboxylic acids is 1. The highest BCUT2D eigenvalue weighted by molar-refractivity contribution is 5.79. The molecule has 0 aromatic heterocycles. The lowest BCUT2D eigenvalue weighted by molar-refractivity contribution is -0.144. The van der Waals surface area contributed by atoms with Crippen molar-refractivity contribution >= 4 is 5.97 Å². The minimum Gasteiger partial charge on any atom is -0.491 e. The van der Waals surface area contributed by atoms with E-state index in [1.807, 2.05) is 0 Å². The van der Waals surface area contributed by atoms with Gasteiger partial charge in [0.1, 0.15) is 0 Å². The van der Waals surface area contributed by atoms with Gasteiger partial charge in [-0.2, -0.15) is 0 Å². The Labute approximate surface area is 105 Å². The van der Waals surface area contributed by atoms with Crippen molar-refractivity contribution in [3.63, 3.8) is 0 Å². The van der Waals surface area contributed by atoms with Gasteiger partial charge in [0.15, 0.2) is 11.6 Å². The Morgan fingerprint density at radius 2 is 2.28 bits per heavy atom. The predicted molar refractivity (Wildman–Crippen MR) is 63.8 cm³/mol. The van der Waals surface area contributed by atoms with Crippen LogP contribution in [0.2, 0.25) is 0 Å². The van der Waals surface area contributed by atoms with Gasteiger partial charge in [0.2, 0.25) is 0 Å². The molecule has 3 N–H and O–H groups in total. The van der Waals surface area contributed by atoms with E-state index in [4.69, 9.17) is 15.6 Å². The molecule has 1 atom stereocenters. The summed E-state index contributed by atoms with van der Waals surface area (Å²) < 4.78 is 18.8. The molecule has 1 unspecified atom stereocenters. The molecular formula is C13H16FNO3. The summed E-state index contributed by atoms with van der Waals surface area (Å²) in [7, 11) is 0. The number of carboxylic acids is 1. The van der Waals surface area contributed by atoms with Gasteiger partial charge in [0.25, 0.3) is 0 Å². The molecule has 0 bridgehead atoms. The van der Waals surface area contributed by atoms with Crippen LogP contribution in [0.5, 0.6) is 5.75 Å². The van der Waals surface area contributed by atoms with E-state index in [9.17, 15) is 9.18 Å². The van der Waals surface area contributed by atoms with Crippen molar-refractivity contribution in [2.24, 2.45) is 11.1 Å². The van der Waals surface area contributed by atoms with Gasteiger partial charge >= 0.3 is 5.97 Å². The van der Waals surface area contributed by atoms with Crippen molar-refractivity contribution in [2.45, 2.75) is 25.8 Å². The summed E-state index contributed by atoms with van der Waals surface area (Å²) in [5, 5.41) is 9.15. The average Bonchev–Trinajstić information content (AvgIpc) is 3.12. The Kier molecular flexibility index (Phi) is 3.26. The molecule has 1 aromatic carbocycles. The standard InChI is InChI=1S/C13H16FNO3/c1-2-18-10-4-3-8(7-9(10)14)11(15)13(5-6-13)12(16)17/h3-4,7,11H,2,5-6,15H2,1H3,(H,16,17). The second-order valence-corrected chi connectivity index (χ2v) is 4.56. The first-order chi connectivity index (χ1) is 8.51. The highest BCUT2D eigenvalue weighted by Crippen LogP contribution is 2.54. The summed E-state index contributed by atoms with van der Waals surface area (Å²) in [5.74, 6) is -1.26. The SMILES string of the molecule is CCOc1ccc(C(N)C2(C(=O)O)CC2)cc1F. The second kappa shape index (κ2) is 4.57. The lowest BCUT2D eigenvalue weighted by atomic mass is 9.91. The van der Waals surface area contributed by atoms with E-state index in [1.54, 1.807) is 13.0 Å². The Bertz CT molecular complexity index is 471. The number of benzene rings is 1. The number of rotatable bonds is 5. The Morgan fingerprint density at radius 1 is 1.61 bits per heavy atom. The molecule has 5 heteroatoms. The molecule has 0 amide bonds. The first kappa shape index (κ1) is 12.8. The number of carboxylic acid groups (broad SMARTS) is 1. The maximum atomic E-state index is 13.7. The van der Waals surface area contributed by atoms with E-state index in [-0.39, 0.29) is 5.75 Å². The van der Waals surface area contributed by atoms with Gasteiger partial charge in [0, 0.05) is 6.04 Å². The molecule has 18 heavy (non-hydrogen) atoms. The fourth-order valence-corrected chi connectivity index (χ4v) is 2.09. The lowest BCUT2D eigenvalue weighted by Gasteiger charge is -2.20. The normalized spacial score (nSPS) is 18.2. The van der Waals surface area contributed by atoms with Crippen molar-refractivity contribution in [1.29, 1.82) is 0 Å². The van der Waals surface area contributed by atoms with Crippen LogP contribution in [0.25, 0.3) is 0 Å². The zero-order valence-electron chi connectivity index (χ0n) is 10.1. The van der Waals surface area contributed by atoms with Gasteiger partial charge in [-0.1, -0.05) is 6.07 Å². The van der Waals surface area contributed by atoms with Crippen molar-refractivity contribution in [2.75, 3.05) is 6.61 Å². The smallest absolute Gasteiger partial charge is 0.311 e. The summed E-state index contributed by atoms with van der Waals surface area (Å²) in [5.41, 5.74) is 5.52. The zero-order valence-corrected chi connectivity index (χ0v) is 10.1. The topological polar surface area (TPSA) is 72.5 Å². The average molecular weight is 253 g/mol. The van der Waals surface area contributed by atoms with E-state index in [2.05, 4.69) is 0 Å². The molecule has 1 aliphatic rings. The second-order valence-electron chi connectivity index (χ2n) is 4.56. The van der Waals surface area contributed by atoms with E-state index in [0.29, 0.717) is 25.0 Å². The van der Waals surface area contributed by atoms with Gasteiger partial charge < -0.3 is 15.6 Å². The van der Waals surface area contributed by atoms with Crippen LogP contribution in [0.15, 0.2) is 18.2 Å². The molecule has 0 aliphatic heterocycles. The number of hydrogen-bond acceptors (Lipinski definition) is 3. The largest absolute Gasteiger partial charge is 0.491 e. The summed E-state index contributed by atoms with van der Waals surface area (Å²) >= 11 is 0. The third-order valence-corrected chi connectivity index (χ3v) is 3.42. The fraction of sp³-hybridized carbons (Fsp3) is 0.462. The van der Waals surface area contributed by atoms with Crippen molar-refractivity contribution in [3.05, 3.63) is 29.6 Å². The number of halogens is 1. The Morgan fingerprint density at radius 3 is 2.72 bits per heavy atom. The van der Waals surface area contributed by atoms with Crippen LogP contribution in [0.4, 0.5) is 4.39 Å². The van der Waals surface area contributed by atoms with Crippen molar-refractivity contribution in [1.82, 2.24) is 0 Å². The van der Waals surface area contributed by atoms with Crippen LogP contribution in [-0.4, -0.2) is 17.7 Å². The highest BCUT2D eigenvalue weighted by atomic mass is 19.1. The Hall–Kier alpha value is -1.62. The molecule has 1 aromatic rings. The molecule has 98 valence electrons. The number of hydrogen-bond donors (Lipinski definition) is 2. The van der Waals surface area contributed by atoms with Gasteiger partial charge in [-0.25, -0.2) is 4.39 Å². The maximum Gasteiger partial charge on any atom is 0.311 e. The van der Waals surface area contributed by atoms with Gasteiger partial charge in [0.05, 0.1) is 12.0 Å². The molecule has 0 spiro atoms. The van der Waals surface area contributed by atoms with E-state index in [1.165, 1.54) is 12.1 Å². The van der Waals surface area contributed by atoms with Crippen LogP contribution in [0.1, 0.15) is 31.4 Å². The van der Waals surface area contributed by atoms with Crippen LogP contribution in [0.3, 0.4) is 0 Å². The van der Waals surface area contributed by atoms with Crippen LogP contribution in [0, 0.1) is 11.2 Å². The quantitative estimate of drug-likeness (QED) is 0.842. The van der Waals surface area contributed by atoms with Gasteiger partial charge in [-0.05, 0) is 37.5 Å². The third-order valence-electron chi connectivity index (χ3n) is 3.42. The minimum atomic E-state index is -0.917. The molecular weight excluding hydrogens is 237 g/mol. The van der Waals surface area contributed by atoms with Crippen molar-refractivity contribution in [3.8, 4) is 5.75 Å². The third kappa shape index (κ3) is 2.06. The zero-order chi connectivity index (χ0) is 13.3. The first-order valence-electron chi connectivity index (χ1n) is 5.92. The molecule has 0 saturated heterocycles. The monoisotopic (exact) mass is 253 g/mol. The number of carbonyl (C=O) groups is 1. The Balaban J connectivity index is 2.24. The first-order valence-corrected chi connectivity index (χ1v) is 5.92. The maximum absolute atomic E-state index is 13.7.